The van der Waals surface area contributed by atoms with Crippen molar-refractivity contribution >= 4 is 11.6 Å². The lowest BCUT2D eigenvalue weighted by atomic mass is 10.2. The van der Waals surface area contributed by atoms with Crippen molar-refractivity contribution in [1.82, 2.24) is 24.5 Å². The number of morpholine rings is 1. The molecular weight excluding hydrogens is 330 g/mol. The van der Waals surface area contributed by atoms with Crippen LogP contribution in [-0.2, 0) is 11.3 Å². The summed E-state index contributed by atoms with van der Waals surface area (Å²) in [7, 11) is 0. The largest absolute Gasteiger partial charge is 0.378 e. The summed E-state index contributed by atoms with van der Waals surface area (Å²) >= 11 is 0. The Kier molecular flexibility index (Phi) is 4.74. The van der Waals surface area contributed by atoms with Gasteiger partial charge in [-0.05, 0) is 24.6 Å². The molecule has 1 aliphatic heterocycles. The van der Waals surface area contributed by atoms with E-state index in [-0.39, 0.29) is 0 Å². The van der Waals surface area contributed by atoms with Gasteiger partial charge in [0.1, 0.15) is 29.6 Å². The van der Waals surface area contributed by atoms with Crippen LogP contribution in [0.3, 0.4) is 0 Å². The summed E-state index contributed by atoms with van der Waals surface area (Å²) in [6.07, 6.45) is 7.05. The molecule has 1 aliphatic rings. The van der Waals surface area contributed by atoms with Gasteiger partial charge in [-0.3, -0.25) is 4.57 Å². The molecule has 26 heavy (non-hydrogen) atoms. The Morgan fingerprint density at radius 2 is 1.92 bits per heavy atom. The molecule has 0 saturated carbocycles. The van der Waals surface area contributed by atoms with E-state index in [2.05, 4.69) is 36.2 Å². The lowest BCUT2D eigenvalue weighted by Gasteiger charge is -2.28. The fourth-order valence-electron chi connectivity index (χ4n) is 2.92. The van der Waals surface area contributed by atoms with E-state index in [9.17, 15) is 0 Å². The van der Waals surface area contributed by atoms with Crippen molar-refractivity contribution in [1.29, 1.82) is 0 Å². The molecule has 0 spiro atoms. The number of anilines is 2. The van der Waals surface area contributed by atoms with Gasteiger partial charge in [-0.1, -0.05) is 0 Å². The second-order valence-electron chi connectivity index (χ2n) is 6.08. The fourth-order valence-corrected chi connectivity index (χ4v) is 2.92. The van der Waals surface area contributed by atoms with Gasteiger partial charge in [0, 0.05) is 44.3 Å². The average molecular weight is 351 g/mol. The highest BCUT2D eigenvalue weighted by Gasteiger charge is 2.12. The molecule has 0 amide bonds. The number of hydrogen-bond acceptors (Lipinski definition) is 7. The quantitative estimate of drug-likeness (QED) is 0.751. The molecule has 8 nitrogen and oxygen atoms in total. The van der Waals surface area contributed by atoms with Crippen molar-refractivity contribution in [2.75, 3.05) is 36.5 Å². The van der Waals surface area contributed by atoms with Crippen molar-refractivity contribution in [2.45, 2.75) is 13.5 Å². The number of nitrogens with zero attached hydrogens (tertiary/aromatic N) is 6. The van der Waals surface area contributed by atoms with Crippen LogP contribution in [0.5, 0.6) is 0 Å². The van der Waals surface area contributed by atoms with Gasteiger partial charge in [0.2, 0.25) is 0 Å². The second-order valence-corrected chi connectivity index (χ2v) is 6.08. The molecule has 4 heterocycles. The van der Waals surface area contributed by atoms with E-state index in [1.165, 1.54) is 0 Å². The Labute approximate surface area is 151 Å². The molecule has 3 aromatic rings. The van der Waals surface area contributed by atoms with E-state index in [1.54, 1.807) is 12.5 Å². The first kappa shape index (κ1) is 16.5. The van der Waals surface area contributed by atoms with Gasteiger partial charge in [0.25, 0.3) is 0 Å². The predicted molar refractivity (Wildman–Crippen MR) is 98.5 cm³/mol. The maximum absolute atomic E-state index is 5.40. The minimum Gasteiger partial charge on any atom is -0.378 e. The third-order valence-corrected chi connectivity index (χ3v) is 4.34. The van der Waals surface area contributed by atoms with Crippen LogP contribution in [0, 0.1) is 6.92 Å². The van der Waals surface area contributed by atoms with Crippen LogP contribution < -0.4 is 10.2 Å². The molecule has 0 atom stereocenters. The summed E-state index contributed by atoms with van der Waals surface area (Å²) in [5.74, 6) is 3.44. The number of hydrogen-bond donors (Lipinski definition) is 1. The maximum atomic E-state index is 5.40. The monoisotopic (exact) mass is 351 g/mol. The zero-order valence-electron chi connectivity index (χ0n) is 14.7. The van der Waals surface area contributed by atoms with E-state index in [0.717, 1.165) is 55.1 Å². The van der Waals surface area contributed by atoms with Gasteiger partial charge in [-0.25, -0.2) is 19.9 Å². The SMILES string of the molecule is Cc1nccn1-c1cc(NCc2ccnc(N3CCOCC3)c2)ncn1. The van der Waals surface area contributed by atoms with Crippen LogP contribution in [-0.4, -0.2) is 50.8 Å². The number of ether oxygens (including phenoxy) is 1. The van der Waals surface area contributed by atoms with E-state index >= 15 is 0 Å². The number of nitrogens with one attached hydrogen (secondary N) is 1. The molecule has 3 aromatic heterocycles. The predicted octanol–water partition coefficient (Wildman–Crippen LogP) is 1.81. The van der Waals surface area contributed by atoms with Crippen molar-refractivity contribution in [2.24, 2.45) is 0 Å². The molecule has 134 valence electrons. The van der Waals surface area contributed by atoms with Crippen LogP contribution in [0.25, 0.3) is 5.82 Å². The minimum atomic E-state index is 0.666. The van der Waals surface area contributed by atoms with E-state index in [0.29, 0.717) is 6.54 Å². The molecule has 1 N–H and O–H groups in total. The lowest BCUT2D eigenvalue weighted by molar-refractivity contribution is 0.122. The summed E-state index contributed by atoms with van der Waals surface area (Å²) < 4.78 is 7.33. The van der Waals surface area contributed by atoms with Crippen molar-refractivity contribution in [3.63, 3.8) is 0 Å². The average Bonchev–Trinajstić information content (AvgIpc) is 3.13. The zero-order chi connectivity index (χ0) is 17.8. The number of rotatable bonds is 5. The molecular formula is C18H21N7O. The molecule has 8 heteroatoms. The number of aryl methyl sites for hydroxylation is 1. The normalized spacial score (nSPS) is 14.4. The second kappa shape index (κ2) is 7.49. The van der Waals surface area contributed by atoms with E-state index in [4.69, 9.17) is 4.74 Å². The van der Waals surface area contributed by atoms with Gasteiger partial charge in [-0.2, -0.15) is 0 Å². The Morgan fingerprint density at radius 1 is 1.04 bits per heavy atom. The smallest absolute Gasteiger partial charge is 0.143 e. The topological polar surface area (TPSA) is 81.0 Å². The van der Waals surface area contributed by atoms with Crippen LogP contribution in [0.4, 0.5) is 11.6 Å². The molecule has 0 aliphatic carbocycles. The summed E-state index contributed by atoms with van der Waals surface area (Å²) in [6, 6.07) is 6.04. The van der Waals surface area contributed by atoms with Gasteiger partial charge in [-0.15, -0.1) is 0 Å². The van der Waals surface area contributed by atoms with E-state index in [1.807, 2.05) is 36.0 Å². The molecule has 1 saturated heterocycles. The van der Waals surface area contributed by atoms with E-state index < -0.39 is 0 Å². The van der Waals surface area contributed by atoms with Gasteiger partial charge in [0.05, 0.1) is 13.2 Å². The highest BCUT2D eigenvalue weighted by Crippen LogP contribution is 2.16. The fraction of sp³-hybridized carbons (Fsp3) is 0.333. The standard InChI is InChI=1S/C18H21N7O/c1-14-19-4-5-25(14)18-11-16(22-13-23-18)21-12-15-2-3-20-17(10-15)24-6-8-26-9-7-24/h2-5,10-11,13H,6-9,12H2,1H3,(H,21,22,23). The lowest BCUT2D eigenvalue weighted by Crippen LogP contribution is -2.36. The highest BCUT2D eigenvalue weighted by atomic mass is 16.5. The Morgan fingerprint density at radius 3 is 2.73 bits per heavy atom. The van der Waals surface area contributed by atoms with Gasteiger partial charge in [0.15, 0.2) is 0 Å². The third kappa shape index (κ3) is 3.65. The molecule has 4 rings (SSSR count). The summed E-state index contributed by atoms with van der Waals surface area (Å²) in [5.41, 5.74) is 1.15. The minimum absolute atomic E-state index is 0.666. The molecule has 0 unspecified atom stereocenters. The van der Waals surface area contributed by atoms with Crippen molar-refractivity contribution < 1.29 is 4.74 Å². The summed E-state index contributed by atoms with van der Waals surface area (Å²) in [6.45, 7) is 5.87. The third-order valence-electron chi connectivity index (χ3n) is 4.34. The molecule has 0 aromatic carbocycles. The first-order chi connectivity index (χ1) is 12.8. The Balaban J connectivity index is 1.45. The van der Waals surface area contributed by atoms with Crippen molar-refractivity contribution in [3.8, 4) is 5.82 Å². The number of pyridine rings is 1. The number of imidazole rings is 1. The molecule has 1 fully saturated rings. The first-order valence-corrected chi connectivity index (χ1v) is 8.63. The summed E-state index contributed by atoms with van der Waals surface area (Å²) in [5, 5.41) is 3.36. The van der Waals surface area contributed by atoms with Crippen LogP contribution in [0.1, 0.15) is 11.4 Å². The van der Waals surface area contributed by atoms with Crippen LogP contribution >= 0.6 is 0 Å². The molecule has 0 radical (unpaired) electrons. The summed E-state index contributed by atoms with van der Waals surface area (Å²) in [4.78, 5) is 19.6. The van der Waals surface area contributed by atoms with Gasteiger partial charge < -0.3 is 15.0 Å². The highest BCUT2D eigenvalue weighted by molar-refractivity contribution is 5.44. The zero-order valence-corrected chi connectivity index (χ0v) is 14.7. The van der Waals surface area contributed by atoms with Gasteiger partial charge >= 0.3 is 0 Å². The Hall–Kier alpha value is -3.00. The Bertz CT molecular complexity index is 873. The van der Waals surface area contributed by atoms with Crippen LogP contribution in [0.2, 0.25) is 0 Å². The maximum Gasteiger partial charge on any atom is 0.143 e. The number of aromatic nitrogens is 5. The first-order valence-electron chi connectivity index (χ1n) is 8.63. The van der Waals surface area contributed by atoms with Crippen molar-refractivity contribution in [3.05, 3.63) is 54.5 Å². The molecule has 0 bridgehead atoms. The van der Waals surface area contributed by atoms with Crippen LogP contribution in [0.15, 0.2) is 43.1 Å².